The predicted molar refractivity (Wildman–Crippen MR) is 78.2 cm³/mol. The minimum atomic E-state index is -1.00. The van der Waals surface area contributed by atoms with Crippen LogP contribution in [0.15, 0.2) is 12.2 Å². The van der Waals surface area contributed by atoms with E-state index in [1.807, 2.05) is 13.8 Å². The fraction of sp³-hybridized carbons (Fsp3) is 0.800. The van der Waals surface area contributed by atoms with Crippen molar-refractivity contribution in [2.45, 2.75) is 74.9 Å². The zero-order valence-electron chi connectivity index (χ0n) is 13.6. The third kappa shape index (κ3) is 6270. The van der Waals surface area contributed by atoms with E-state index in [0.717, 1.165) is 5.92 Å². The Bertz CT molecular complexity index is 147. The molecular weight excluding hydrogens is 215 g/mol. The third-order valence-electron chi connectivity index (χ3n) is 0. The highest BCUT2D eigenvalue weighted by Gasteiger charge is 2.01. The Hall–Kier alpha value is -0.660. The molecular formula is C15H33FO. The molecule has 0 N–H and O–H groups in total. The maximum atomic E-state index is 11.7. The molecule has 0 heterocycles. The molecule has 0 bridgehead atoms. The van der Waals surface area contributed by atoms with Gasteiger partial charge in [-0.3, -0.25) is 0 Å². The largest absolute Gasteiger partial charge is 0.300 e. The Labute approximate surface area is 109 Å². The SMILES string of the molecule is C=C(C)C.CC(C)(C)F.CC(C)=O.CC(C)C. The van der Waals surface area contributed by atoms with Crippen LogP contribution in [-0.2, 0) is 4.79 Å². The molecule has 0 aliphatic rings. The molecule has 0 aliphatic carbocycles. The molecule has 0 amide bonds. The van der Waals surface area contributed by atoms with Crippen LogP contribution in [0, 0.1) is 5.92 Å². The molecule has 0 radical (unpaired) electrons. The molecule has 0 aromatic heterocycles. The van der Waals surface area contributed by atoms with Crippen LogP contribution in [0.5, 0.6) is 0 Å². The van der Waals surface area contributed by atoms with Gasteiger partial charge in [0.05, 0.1) is 0 Å². The van der Waals surface area contributed by atoms with Gasteiger partial charge in [0.25, 0.3) is 0 Å². The van der Waals surface area contributed by atoms with E-state index in [1.165, 1.54) is 40.2 Å². The van der Waals surface area contributed by atoms with Crippen LogP contribution in [0.25, 0.3) is 0 Å². The lowest BCUT2D eigenvalue weighted by Gasteiger charge is -1.99. The van der Waals surface area contributed by atoms with E-state index in [-0.39, 0.29) is 5.78 Å². The Morgan fingerprint density at radius 3 is 1.00 bits per heavy atom. The molecule has 0 fully saturated rings. The quantitative estimate of drug-likeness (QED) is 0.510. The van der Waals surface area contributed by atoms with E-state index in [0.29, 0.717) is 0 Å². The summed E-state index contributed by atoms with van der Waals surface area (Å²) in [6.07, 6.45) is 0. The van der Waals surface area contributed by atoms with Crippen LogP contribution in [0.4, 0.5) is 4.39 Å². The maximum absolute atomic E-state index is 11.7. The molecule has 0 unspecified atom stereocenters. The Morgan fingerprint density at radius 1 is 1.00 bits per heavy atom. The highest BCUT2D eigenvalue weighted by Crippen LogP contribution is 2.02. The molecule has 0 atom stereocenters. The van der Waals surface area contributed by atoms with Gasteiger partial charge in [-0.1, -0.05) is 26.3 Å². The van der Waals surface area contributed by atoms with Crippen LogP contribution in [0.1, 0.15) is 69.2 Å². The first kappa shape index (κ1) is 25.3. The molecule has 0 saturated heterocycles. The standard InChI is InChI=1S/C4H9F.C4H10.C4H8.C3H6O/c1-4(2,3)5;2*1-4(2)3;1-3(2)4/h1-3H3;4H,1-3H3;1H2,2-3H3;1-2H3. The molecule has 106 valence electrons. The van der Waals surface area contributed by atoms with Crippen molar-refractivity contribution >= 4 is 5.78 Å². The summed E-state index contributed by atoms with van der Waals surface area (Å²) in [5.41, 5.74) is 0.167. The molecule has 17 heavy (non-hydrogen) atoms. The molecule has 0 aromatic carbocycles. The average molecular weight is 248 g/mol. The predicted octanol–water partition coefficient (Wildman–Crippen LogP) is 5.59. The van der Waals surface area contributed by atoms with Crippen LogP contribution < -0.4 is 0 Å². The van der Waals surface area contributed by atoms with E-state index < -0.39 is 5.67 Å². The van der Waals surface area contributed by atoms with Crippen molar-refractivity contribution in [2.24, 2.45) is 5.92 Å². The van der Waals surface area contributed by atoms with Crippen molar-refractivity contribution in [3.8, 4) is 0 Å². The number of carbonyl (C=O) groups is 1. The van der Waals surface area contributed by atoms with Crippen molar-refractivity contribution in [3.05, 3.63) is 12.2 Å². The molecule has 0 saturated carbocycles. The van der Waals surface area contributed by atoms with Crippen molar-refractivity contribution < 1.29 is 9.18 Å². The van der Waals surface area contributed by atoms with Gasteiger partial charge < -0.3 is 4.79 Å². The van der Waals surface area contributed by atoms with Gasteiger partial charge in [0, 0.05) is 0 Å². The van der Waals surface area contributed by atoms with E-state index in [4.69, 9.17) is 0 Å². The maximum Gasteiger partial charge on any atom is 0.126 e. The number of halogens is 1. The van der Waals surface area contributed by atoms with Gasteiger partial charge in [0.15, 0.2) is 0 Å². The fourth-order valence-corrected chi connectivity index (χ4v) is 0. The number of carbonyl (C=O) groups excluding carboxylic acids is 1. The minimum absolute atomic E-state index is 0.167. The van der Waals surface area contributed by atoms with Crippen LogP contribution in [0.2, 0.25) is 0 Å². The van der Waals surface area contributed by atoms with E-state index in [1.54, 1.807) is 0 Å². The number of hydrogen-bond acceptors (Lipinski definition) is 1. The highest BCUT2D eigenvalue weighted by atomic mass is 19.1. The van der Waals surface area contributed by atoms with Gasteiger partial charge >= 0.3 is 0 Å². The zero-order chi connectivity index (χ0) is 15.2. The van der Waals surface area contributed by atoms with Gasteiger partial charge in [-0.25, -0.2) is 4.39 Å². The summed E-state index contributed by atoms with van der Waals surface area (Å²) >= 11 is 0. The zero-order valence-corrected chi connectivity index (χ0v) is 13.6. The topological polar surface area (TPSA) is 17.1 Å². The number of ketones is 1. The second-order valence-corrected chi connectivity index (χ2v) is 5.91. The van der Waals surface area contributed by atoms with Crippen molar-refractivity contribution in [2.75, 3.05) is 0 Å². The van der Waals surface area contributed by atoms with Gasteiger partial charge in [-0.2, -0.15) is 0 Å². The lowest BCUT2D eigenvalue weighted by Crippen LogP contribution is -2.01. The summed E-state index contributed by atoms with van der Waals surface area (Å²) in [7, 11) is 0. The lowest BCUT2D eigenvalue weighted by atomic mass is 10.2. The monoisotopic (exact) mass is 248 g/mol. The number of allylic oxidation sites excluding steroid dienone is 1. The van der Waals surface area contributed by atoms with Crippen molar-refractivity contribution in [1.82, 2.24) is 0 Å². The number of alkyl halides is 1. The summed E-state index contributed by atoms with van der Waals surface area (Å²) in [6.45, 7) is 21.6. The van der Waals surface area contributed by atoms with Gasteiger partial charge in [-0.15, -0.1) is 6.58 Å². The Morgan fingerprint density at radius 2 is 1.00 bits per heavy atom. The average Bonchev–Trinajstić information content (AvgIpc) is 1.73. The first-order valence-corrected chi connectivity index (χ1v) is 5.98. The fourth-order valence-electron chi connectivity index (χ4n) is 0. The summed E-state index contributed by atoms with van der Waals surface area (Å²) in [5.74, 6) is 1.00. The molecule has 0 aliphatic heterocycles. The molecule has 0 spiro atoms. The Kier molecular flexibility index (Phi) is 22.8. The second-order valence-electron chi connectivity index (χ2n) is 5.91. The normalized spacial score (nSPS) is 8.71. The van der Waals surface area contributed by atoms with Crippen LogP contribution in [-0.4, -0.2) is 11.5 Å². The van der Waals surface area contributed by atoms with Crippen LogP contribution >= 0.6 is 0 Å². The molecule has 0 aromatic rings. The van der Waals surface area contributed by atoms with Crippen molar-refractivity contribution in [3.63, 3.8) is 0 Å². The Balaban J connectivity index is -0.0000000667. The summed E-state index contributed by atoms with van der Waals surface area (Å²) in [6, 6.07) is 0. The van der Waals surface area contributed by atoms with Crippen LogP contribution in [0.3, 0.4) is 0 Å². The molecule has 2 heteroatoms. The molecule has 0 rings (SSSR count). The highest BCUT2D eigenvalue weighted by molar-refractivity contribution is 5.72. The number of rotatable bonds is 0. The van der Waals surface area contributed by atoms with Gasteiger partial charge in [0.1, 0.15) is 11.5 Å². The first-order valence-electron chi connectivity index (χ1n) is 5.98. The van der Waals surface area contributed by atoms with E-state index in [2.05, 4.69) is 27.4 Å². The second kappa shape index (κ2) is 15.3. The van der Waals surface area contributed by atoms with E-state index >= 15 is 0 Å². The first-order chi connectivity index (χ1) is 7.20. The summed E-state index contributed by atoms with van der Waals surface area (Å²) in [4.78, 5) is 9.44. The van der Waals surface area contributed by atoms with Gasteiger partial charge in [0.2, 0.25) is 0 Å². The van der Waals surface area contributed by atoms with Gasteiger partial charge in [-0.05, 0) is 54.4 Å². The lowest BCUT2D eigenvalue weighted by molar-refractivity contribution is -0.114. The number of Topliss-reactive ketones (excluding diaryl/α,β-unsaturated/α-hetero) is 1. The summed E-state index contributed by atoms with van der Waals surface area (Å²) < 4.78 is 11.7. The third-order valence-corrected chi connectivity index (χ3v) is 0. The van der Waals surface area contributed by atoms with Crippen molar-refractivity contribution in [1.29, 1.82) is 0 Å². The number of hydrogen-bond donors (Lipinski definition) is 0. The summed E-state index contributed by atoms with van der Waals surface area (Å²) in [5, 5.41) is 0. The molecule has 1 nitrogen and oxygen atoms in total. The minimum Gasteiger partial charge on any atom is -0.300 e. The smallest absolute Gasteiger partial charge is 0.126 e. The van der Waals surface area contributed by atoms with E-state index in [9.17, 15) is 9.18 Å².